The van der Waals surface area contributed by atoms with Crippen molar-refractivity contribution in [2.24, 2.45) is 5.73 Å². The molecule has 17 heavy (non-hydrogen) atoms. The lowest BCUT2D eigenvalue weighted by Gasteiger charge is -2.13. The van der Waals surface area contributed by atoms with Gasteiger partial charge in [0.1, 0.15) is 18.2 Å². The molecule has 0 aliphatic carbocycles. The lowest BCUT2D eigenvalue weighted by Crippen LogP contribution is -2.36. The summed E-state index contributed by atoms with van der Waals surface area (Å²) in [5, 5.41) is 8.44. The normalized spacial score (nSPS) is 13.2. The number of nitrogens with two attached hydrogens (primary N) is 1. The Balaban J connectivity index is 2.81. The number of alkyl halides is 3. The summed E-state index contributed by atoms with van der Waals surface area (Å²) in [6, 6.07) is 0.486. The third-order valence-corrected chi connectivity index (χ3v) is 1.79. The summed E-state index contributed by atoms with van der Waals surface area (Å²) in [6.07, 6.45) is -3.51. The van der Waals surface area contributed by atoms with Crippen molar-refractivity contribution in [2.75, 3.05) is 6.61 Å². The summed E-state index contributed by atoms with van der Waals surface area (Å²) in [6.45, 7) is -0.588. The third kappa shape index (κ3) is 3.59. The van der Waals surface area contributed by atoms with E-state index in [-0.39, 0.29) is 0 Å². The van der Waals surface area contributed by atoms with Crippen LogP contribution in [0.2, 0.25) is 0 Å². The van der Waals surface area contributed by atoms with Gasteiger partial charge in [-0.05, 0) is 12.1 Å². The number of halogens is 3. The molecule has 8 heteroatoms. The van der Waals surface area contributed by atoms with Gasteiger partial charge in [0, 0.05) is 6.20 Å². The Morgan fingerprint density at radius 3 is 2.76 bits per heavy atom. The van der Waals surface area contributed by atoms with Gasteiger partial charge in [-0.3, -0.25) is 4.79 Å². The number of hydrogen-bond acceptors (Lipinski definition) is 4. The third-order valence-electron chi connectivity index (χ3n) is 1.79. The lowest BCUT2D eigenvalue weighted by molar-refractivity contribution is -0.140. The van der Waals surface area contributed by atoms with Crippen LogP contribution in [-0.2, 0) is 11.0 Å². The number of ether oxygens (including phenoxy) is 1. The second-order valence-corrected chi connectivity index (χ2v) is 3.11. The van der Waals surface area contributed by atoms with E-state index in [9.17, 15) is 18.0 Å². The highest BCUT2D eigenvalue weighted by molar-refractivity contribution is 5.73. The smallest absolute Gasteiger partial charge is 0.421 e. The van der Waals surface area contributed by atoms with Crippen LogP contribution in [-0.4, -0.2) is 28.7 Å². The van der Waals surface area contributed by atoms with Gasteiger partial charge in [-0.2, -0.15) is 13.2 Å². The fourth-order valence-corrected chi connectivity index (χ4v) is 0.962. The summed E-state index contributed by atoms with van der Waals surface area (Å²) >= 11 is 0. The van der Waals surface area contributed by atoms with Crippen molar-refractivity contribution in [1.29, 1.82) is 0 Å². The molecule has 1 aromatic heterocycles. The second-order valence-electron chi connectivity index (χ2n) is 3.11. The Kier molecular flexibility index (Phi) is 3.89. The molecule has 0 saturated carbocycles. The van der Waals surface area contributed by atoms with Gasteiger partial charge in [0.2, 0.25) is 5.88 Å². The molecule has 1 unspecified atom stereocenters. The average molecular weight is 250 g/mol. The summed E-state index contributed by atoms with van der Waals surface area (Å²) in [5.74, 6) is -2.05. The van der Waals surface area contributed by atoms with Crippen molar-refractivity contribution in [3.8, 4) is 5.88 Å². The highest BCUT2D eigenvalue weighted by Gasteiger charge is 2.35. The molecule has 94 valence electrons. The van der Waals surface area contributed by atoms with E-state index in [2.05, 4.69) is 9.72 Å². The highest BCUT2D eigenvalue weighted by atomic mass is 19.4. The Hall–Kier alpha value is -1.83. The monoisotopic (exact) mass is 250 g/mol. The number of nitrogens with zero attached hydrogens (tertiary/aromatic N) is 1. The Bertz CT molecular complexity index is 409. The van der Waals surface area contributed by atoms with Gasteiger partial charge in [0.05, 0.1) is 0 Å². The first-order valence-electron chi connectivity index (χ1n) is 4.45. The van der Waals surface area contributed by atoms with Gasteiger partial charge in [-0.15, -0.1) is 0 Å². The molecule has 0 amide bonds. The van der Waals surface area contributed by atoms with E-state index in [4.69, 9.17) is 10.8 Å². The summed E-state index contributed by atoms with van der Waals surface area (Å²) < 4.78 is 42.0. The van der Waals surface area contributed by atoms with Crippen LogP contribution in [0, 0.1) is 0 Å². The van der Waals surface area contributed by atoms with Crippen molar-refractivity contribution >= 4 is 5.97 Å². The first-order chi connectivity index (χ1) is 7.82. The van der Waals surface area contributed by atoms with Crippen LogP contribution in [0.4, 0.5) is 13.2 Å². The van der Waals surface area contributed by atoms with Crippen LogP contribution >= 0.6 is 0 Å². The number of hydrogen-bond donors (Lipinski definition) is 2. The summed E-state index contributed by atoms with van der Waals surface area (Å²) in [4.78, 5) is 13.7. The van der Waals surface area contributed by atoms with E-state index in [0.29, 0.717) is 0 Å². The molecule has 0 aromatic carbocycles. The predicted molar refractivity (Wildman–Crippen MR) is 50.3 cm³/mol. The Morgan fingerprint density at radius 1 is 1.59 bits per heavy atom. The van der Waals surface area contributed by atoms with Crippen LogP contribution < -0.4 is 10.5 Å². The molecule has 1 atom stereocenters. The average Bonchev–Trinajstić information content (AvgIpc) is 2.24. The van der Waals surface area contributed by atoms with Crippen molar-refractivity contribution in [3.05, 3.63) is 23.9 Å². The Labute approximate surface area is 94.0 Å². The molecular weight excluding hydrogens is 241 g/mol. The van der Waals surface area contributed by atoms with Gasteiger partial charge in [-0.1, -0.05) is 0 Å². The molecule has 0 saturated heterocycles. The van der Waals surface area contributed by atoms with Gasteiger partial charge < -0.3 is 15.6 Å². The minimum Gasteiger partial charge on any atom is -0.480 e. The van der Waals surface area contributed by atoms with Crippen LogP contribution in [0.25, 0.3) is 0 Å². The Morgan fingerprint density at radius 2 is 2.24 bits per heavy atom. The van der Waals surface area contributed by atoms with E-state index in [1.165, 1.54) is 0 Å². The quantitative estimate of drug-likeness (QED) is 0.828. The predicted octanol–water partition coefficient (Wildman–Crippen LogP) is 0.891. The molecule has 1 rings (SSSR count). The van der Waals surface area contributed by atoms with Gasteiger partial charge >= 0.3 is 12.1 Å². The number of rotatable bonds is 4. The fourth-order valence-electron chi connectivity index (χ4n) is 0.962. The van der Waals surface area contributed by atoms with E-state index < -0.39 is 36.2 Å². The van der Waals surface area contributed by atoms with Crippen molar-refractivity contribution in [3.63, 3.8) is 0 Å². The molecule has 5 nitrogen and oxygen atoms in total. The van der Waals surface area contributed by atoms with Crippen LogP contribution in [0.3, 0.4) is 0 Å². The first kappa shape index (κ1) is 13.2. The van der Waals surface area contributed by atoms with Gasteiger partial charge in [0.25, 0.3) is 0 Å². The van der Waals surface area contributed by atoms with E-state index >= 15 is 0 Å². The minimum atomic E-state index is -4.61. The molecule has 0 bridgehead atoms. The van der Waals surface area contributed by atoms with Gasteiger partial charge in [-0.25, -0.2) is 4.98 Å². The molecular formula is C9H9F3N2O3. The molecule has 3 N–H and O–H groups in total. The molecule has 0 radical (unpaired) electrons. The number of carboxylic acid groups (broad SMARTS) is 1. The minimum absolute atomic E-state index is 0.588. The lowest BCUT2D eigenvalue weighted by atomic mass is 10.2. The van der Waals surface area contributed by atoms with Crippen molar-refractivity contribution in [1.82, 2.24) is 4.98 Å². The zero-order chi connectivity index (χ0) is 13.1. The van der Waals surface area contributed by atoms with Crippen LogP contribution in [0.5, 0.6) is 5.88 Å². The topological polar surface area (TPSA) is 85.4 Å². The van der Waals surface area contributed by atoms with E-state index in [1.807, 2.05) is 0 Å². The standard InChI is InChI=1S/C9H9F3N2O3/c10-9(11,12)5-2-1-3-14-7(5)17-4-6(13)8(15)16/h1-3,6H,4,13H2,(H,15,16). The van der Waals surface area contributed by atoms with Crippen LogP contribution in [0.15, 0.2) is 18.3 Å². The zero-order valence-corrected chi connectivity index (χ0v) is 8.44. The largest absolute Gasteiger partial charge is 0.480 e. The van der Waals surface area contributed by atoms with Crippen molar-refractivity contribution < 1.29 is 27.8 Å². The second kappa shape index (κ2) is 5.00. The SMILES string of the molecule is NC(COc1ncccc1C(F)(F)F)C(=O)O. The molecule has 1 aromatic rings. The number of aromatic nitrogens is 1. The molecule has 1 heterocycles. The molecule has 0 aliphatic heterocycles. The molecule has 0 aliphatic rings. The molecule has 0 spiro atoms. The van der Waals surface area contributed by atoms with E-state index in [1.54, 1.807) is 0 Å². The number of aliphatic carboxylic acids is 1. The number of carbonyl (C=O) groups is 1. The first-order valence-corrected chi connectivity index (χ1v) is 4.45. The number of pyridine rings is 1. The fraction of sp³-hybridized carbons (Fsp3) is 0.333. The zero-order valence-electron chi connectivity index (χ0n) is 8.44. The summed E-state index contributed by atoms with van der Waals surface area (Å²) in [5.41, 5.74) is 4.02. The van der Waals surface area contributed by atoms with E-state index in [0.717, 1.165) is 18.3 Å². The van der Waals surface area contributed by atoms with Gasteiger partial charge in [0.15, 0.2) is 0 Å². The maximum atomic E-state index is 12.5. The maximum absolute atomic E-state index is 12.5. The number of carboxylic acids is 1. The highest BCUT2D eigenvalue weighted by Crippen LogP contribution is 2.34. The summed E-state index contributed by atoms with van der Waals surface area (Å²) in [7, 11) is 0. The van der Waals surface area contributed by atoms with Crippen molar-refractivity contribution in [2.45, 2.75) is 12.2 Å². The molecule has 0 fully saturated rings. The maximum Gasteiger partial charge on any atom is 0.421 e. The van der Waals surface area contributed by atoms with Crippen LogP contribution in [0.1, 0.15) is 5.56 Å².